The average Bonchev–Trinajstić information content (AvgIpc) is 2.46. The minimum absolute atomic E-state index is 0.237. The maximum atomic E-state index is 12.1. The predicted octanol–water partition coefficient (Wildman–Crippen LogP) is 3.81. The molecular weight excluding hydrogens is 270 g/mol. The van der Waals surface area contributed by atoms with E-state index in [0.29, 0.717) is 0 Å². The summed E-state index contributed by atoms with van der Waals surface area (Å²) >= 11 is 0. The van der Waals surface area contributed by atoms with Gasteiger partial charge in [-0.25, -0.2) is 0 Å². The van der Waals surface area contributed by atoms with E-state index in [0.717, 1.165) is 30.4 Å². The second-order valence-electron chi connectivity index (χ2n) is 4.94. The van der Waals surface area contributed by atoms with Gasteiger partial charge in [0.05, 0.1) is 4.90 Å². The Balaban J connectivity index is 2.17. The Morgan fingerprint density at radius 2 is 1.85 bits per heavy atom. The van der Waals surface area contributed by atoms with Crippen LogP contribution in [0, 0.1) is 6.92 Å². The lowest BCUT2D eigenvalue weighted by atomic mass is 9.98. The number of aryl methyl sites for hydroxylation is 1. The fraction of sp³-hybridized carbons (Fsp3) is 0.312. The number of benzene rings is 1. The largest absolute Gasteiger partial charge is 0.282 e. The van der Waals surface area contributed by atoms with Crippen LogP contribution >= 0.6 is 0 Å². The molecule has 0 heterocycles. The number of allylic oxidation sites excluding steroid dienone is 4. The molecule has 1 aromatic carbocycles. The molecule has 0 fully saturated rings. The maximum absolute atomic E-state index is 12.1. The molecule has 106 valence electrons. The molecule has 0 spiro atoms. The van der Waals surface area contributed by atoms with Gasteiger partial charge in [-0.3, -0.25) is 0 Å². The molecule has 20 heavy (non-hydrogen) atoms. The predicted molar refractivity (Wildman–Crippen MR) is 82.5 cm³/mol. The molecule has 1 aromatic rings. The number of sulfonamides is 1. The Morgan fingerprint density at radius 1 is 1.15 bits per heavy atom. The van der Waals surface area contributed by atoms with E-state index in [-0.39, 0.29) is 4.90 Å². The monoisotopic (exact) mass is 289 g/mol. The quantitative estimate of drug-likeness (QED) is 0.791. The Bertz CT molecular complexity index is 665. The summed E-state index contributed by atoms with van der Waals surface area (Å²) in [5.74, 6) is 0. The molecule has 0 bridgehead atoms. The fourth-order valence-corrected chi connectivity index (χ4v) is 2.88. The van der Waals surface area contributed by atoms with E-state index in [1.165, 1.54) is 11.8 Å². The van der Waals surface area contributed by atoms with E-state index >= 15 is 0 Å². The zero-order valence-electron chi connectivity index (χ0n) is 11.8. The molecule has 0 saturated heterocycles. The first kappa shape index (κ1) is 14.7. The highest BCUT2D eigenvalue weighted by atomic mass is 32.2. The minimum Gasteiger partial charge on any atom is -0.199 e. The van der Waals surface area contributed by atoms with Crippen molar-refractivity contribution in [3.8, 4) is 0 Å². The molecule has 0 amide bonds. The second-order valence-corrected chi connectivity index (χ2v) is 6.58. The Kier molecular flexibility index (Phi) is 4.55. The number of rotatable bonds is 4. The first-order chi connectivity index (χ1) is 9.51. The van der Waals surface area contributed by atoms with Gasteiger partial charge in [-0.15, -0.1) is 0 Å². The van der Waals surface area contributed by atoms with E-state index in [9.17, 15) is 8.42 Å². The molecule has 1 aliphatic carbocycles. The molecule has 3 nitrogen and oxygen atoms in total. The van der Waals surface area contributed by atoms with Crippen molar-refractivity contribution in [2.24, 2.45) is 4.40 Å². The van der Waals surface area contributed by atoms with Crippen LogP contribution in [0.5, 0.6) is 0 Å². The van der Waals surface area contributed by atoms with Gasteiger partial charge in [0.15, 0.2) is 0 Å². The highest BCUT2D eigenvalue weighted by molar-refractivity contribution is 7.90. The van der Waals surface area contributed by atoms with Crippen molar-refractivity contribution in [3.63, 3.8) is 0 Å². The summed E-state index contributed by atoms with van der Waals surface area (Å²) < 4.78 is 27.9. The van der Waals surface area contributed by atoms with E-state index < -0.39 is 10.0 Å². The maximum Gasteiger partial charge on any atom is 0.282 e. The average molecular weight is 289 g/mol. The van der Waals surface area contributed by atoms with Gasteiger partial charge in [0, 0.05) is 6.21 Å². The van der Waals surface area contributed by atoms with E-state index in [2.05, 4.69) is 17.4 Å². The zero-order chi connectivity index (χ0) is 14.6. The molecule has 0 saturated carbocycles. The number of hydrogen-bond acceptors (Lipinski definition) is 2. The molecule has 0 N–H and O–H groups in total. The van der Waals surface area contributed by atoms with E-state index in [1.807, 2.05) is 13.0 Å². The Labute approximate surface area is 120 Å². The summed E-state index contributed by atoms with van der Waals surface area (Å²) in [4.78, 5) is 0.237. The summed E-state index contributed by atoms with van der Waals surface area (Å²) in [6.07, 6.45) is 8.37. The lowest BCUT2D eigenvalue weighted by Crippen LogP contribution is -2.00. The summed E-state index contributed by atoms with van der Waals surface area (Å²) in [6.45, 7) is 4.05. The van der Waals surface area contributed by atoms with Crippen LogP contribution in [0.25, 0.3) is 0 Å². The third-order valence-electron chi connectivity index (χ3n) is 3.40. The van der Waals surface area contributed by atoms with Gasteiger partial charge in [0.1, 0.15) is 0 Å². The number of hydrogen-bond donors (Lipinski definition) is 0. The molecule has 1 aliphatic rings. The zero-order valence-corrected chi connectivity index (χ0v) is 12.7. The summed E-state index contributed by atoms with van der Waals surface area (Å²) in [5, 5.41) is 0. The third kappa shape index (κ3) is 3.67. The van der Waals surface area contributed by atoms with Crippen molar-refractivity contribution >= 4 is 16.2 Å². The lowest BCUT2D eigenvalue weighted by molar-refractivity contribution is 0.598. The van der Waals surface area contributed by atoms with Crippen LogP contribution in [-0.2, 0) is 10.0 Å². The van der Waals surface area contributed by atoms with Gasteiger partial charge < -0.3 is 0 Å². The van der Waals surface area contributed by atoms with Crippen molar-refractivity contribution in [1.29, 1.82) is 0 Å². The van der Waals surface area contributed by atoms with Crippen molar-refractivity contribution in [3.05, 3.63) is 53.1 Å². The van der Waals surface area contributed by atoms with Crippen LogP contribution in [0.4, 0.5) is 0 Å². The topological polar surface area (TPSA) is 46.5 Å². The SMILES string of the molecule is CCC1=CC=C(/C=N/S(=O)(=O)c2ccc(C)cc2)CC1. The van der Waals surface area contributed by atoms with Gasteiger partial charge in [-0.05, 0) is 43.9 Å². The van der Waals surface area contributed by atoms with Crippen molar-refractivity contribution in [1.82, 2.24) is 0 Å². The molecule has 2 rings (SSSR count). The Hall–Kier alpha value is -1.68. The summed E-state index contributed by atoms with van der Waals surface area (Å²) in [5.41, 5.74) is 3.38. The molecule has 0 aromatic heterocycles. The van der Waals surface area contributed by atoms with Gasteiger partial charge >= 0.3 is 0 Å². The summed E-state index contributed by atoms with van der Waals surface area (Å²) in [6, 6.07) is 6.73. The molecule has 4 heteroatoms. The van der Waals surface area contributed by atoms with Crippen molar-refractivity contribution in [2.45, 2.75) is 38.0 Å². The summed E-state index contributed by atoms with van der Waals surface area (Å²) in [7, 11) is -3.59. The molecule has 0 atom stereocenters. The molecule has 0 aliphatic heterocycles. The highest BCUT2D eigenvalue weighted by Crippen LogP contribution is 2.20. The van der Waals surface area contributed by atoms with Crippen LogP contribution in [-0.4, -0.2) is 14.6 Å². The van der Waals surface area contributed by atoms with Crippen molar-refractivity contribution in [2.75, 3.05) is 0 Å². The lowest BCUT2D eigenvalue weighted by Gasteiger charge is -2.09. The number of nitrogens with zero attached hydrogens (tertiary/aromatic N) is 1. The van der Waals surface area contributed by atoms with Crippen LogP contribution in [0.15, 0.2) is 56.9 Å². The van der Waals surface area contributed by atoms with Crippen LogP contribution in [0.2, 0.25) is 0 Å². The van der Waals surface area contributed by atoms with Gasteiger partial charge in [-0.2, -0.15) is 12.8 Å². The van der Waals surface area contributed by atoms with Gasteiger partial charge in [0.2, 0.25) is 0 Å². The standard InChI is InChI=1S/C16H19NO2S/c1-3-14-6-8-15(9-7-14)12-17-20(18,19)16-10-4-13(2)5-11-16/h4-6,8,10-12H,3,7,9H2,1-2H3/b17-12+. The van der Waals surface area contributed by atoms with Crippen molar-refractivity contribution < 1.29 is 8.42 Å². The van der Waals surface area contributed by atoms with Crippen LogP contribution in [0.1, 0.15) is 31.7 Å². The third-order valence-corrected chi connectivity index (χ3v) is 4.65. The minimum atomic E-state index is -3.59. The first-order valence-electron chi connectivity index (χ1n) is 6.77. The first-order valence-corrected chi connectivity index (χ1v) is 8.21. The van der Waals surface area contributed by atoms with Crippen LogP contribution < -0.4 is 0 Å². The normalized spacial score (nSPS) is 16.1. The van der Waals surface area contributed by atoms with Crippen LogP contribution in [0.3, 0.4) is 0 Å². The molecule has 0 radical (unpaired) electrons. The molecule has 0 unspecified atom stereocenters. The highest BCUT2D eigenvalue weighted by Gasteiger charge is 2.11. The Morgan fingerprint density at radius 3 is 2.40 bits per heavy atom. The fourth-order valence-electron chi connectivity index (χ4n) is 2.01. The van der Waals surface area contributed by atoms with Gasteiger partial charge in [0.25, 0.3) is 10.0 Å². The van der Waals surface area contributed by atoms with Gasteiger partial charge in [-0.1, -0.05) is 42.3 Å². The smallest absolute Gasteiger partial charge is 0.199 e. The van der Waals surface area contributed by atoms with E-state index in [1.54, 1.807) is 24.3 Å². The second kappa shape index (κ2) is 6.18. The molecular formula is C16H19NO2S. The van der Waals surface area contributed by atoms with E-state index in [4.69, 9.17) is 0 Å².